The summed E-state index contributed by atoms with van der Waals surface area (Å²) in [6, 6.07) is 13.0. The SMILES string of the molecule is Cc1ccc([C@@H](C)C(ONC(=O)c2ccccc2)(c2ncc(C3CCC3)s2)[C@H]2CCCO2)nn1. The average molecular weight is 479 g/mol. The lowest BCUT2D eigenvalue weighted by atomic mass is 9.80. The Kier molecular flexibility index (Phi) is 6.72. The molecular weight excluding hydrogens is 448 g/mol. The lowest BCUT2D eigenvalue weighted by Crippen LogP contribution is -2.50. The quantitative estimate of drug-likeness (QED) is 0.456. The molecule has 1 amide bonds. The molecule has 34 heavy (non-hydrogen) atoms. The van der Waals surface area contributed by atoms with Crippen LogP contribution >= 0.6 is 11.3 Å². The normalized spacial score (nSPS) is 20.9. The second-order valence-electron chi connectivity index (χ2n) is 9.21. The number of hydrogen-bond acceptors (Lipinski definition) is 7. The van der Waals surface area contributed by atoms with Crippen LogP contribution in [0.15, 0.2) is 48.7 Å². The molecular formula is C26H30N4O3S. The summed E-state index contributed by atoms with van der Waals surface area (Å²) in [5.74, 6) is -0.0112. The maximum absolute atomic E-state index is 13.0. The summed E-state index contributed by atoms with van der Waals surface area (Å²) in [4.78, 5) is 25.6. The Hall–Kier alpha value is -2.68. The topological polar surface area (TPSA) is 86.2 Å². The van der Waals surface area contributed by atoms with Crippen LogP contribution in [0.2, 0.25) is 0 Å². The lowest BCUT2D eigenvalue weighted by Gasteiger charge is -2.40. The van der Waals surface area contributed by atoms with Crippen LogP contribution in [0.1, 0.15) is 82.5 Å². The van der Waals surface area contributed by atoms with E-state index in [1.165, 1.54) is 24.1 Å². The highest BCUT2D eigenvalue weighted by Gasteiger charge is 2.53. The molecule has 7 nitrogen and oxygen atoms in total. The van der Waals surface area contributed by atoms with Crippen molar-refractivity contribution in [3.63, 3.8) is 0 Å². The molecule has 3 aromatic rings. The van der Waals surface area contributed by atoms with Gasteiger partial charge in [0, 0.05) is 29.2 Å². The van der Waals surface area contributed by atoms with Gasteiger partial charge in [0.1, 0.15) is 5.01 Å². The van der Waals surface area contributed by atoms with E-state index < -0.39 is 5.60 Å². The maximum atomic E-state index is 13.0. The van der Waals surface area contributed by atoms with Crippen LogP contribution in [-0.2, 0) is 15.2 Å². The Bertz CT molecular complexity index is 1110. The van der Waals surface area contributed by atoms with Gasteiger partial charge in [-0.05, 0) is 62.8 Å². The van der Waals surface area contributed by atoms with Crippen molar-refractivity contribution in [2.75, 3.05) is 6.61 Å². The van der Waals surface area contributed by atoms with Crippen LogP contribution in [0.25, 0.3) is 0 Å². The Morgan fingerprint density at radius 1 is 1.15 bits per heavy atom. The van der Waals surface area contributed by atoms with Crippen LogP contribution < -0.4 is 5.48 Å². The van der Waals surface area contributed by atoms with Crippen molar-refractivity contribution in [2.24, 2.45) is 0 Å². The second-order valence-corrected chi connectivity index (χ2v) is 10.3. The number of carbonyl (C=O) groups is 1. The molecule has 0 spiro atoms. The molecule has 0 radical (unpaired) electrons. The van der Waals surface area contributed by atoms with Gasteiger partial charge in [-0.3, -0.25) is 9.63 Å². The van der Waals surface area contributed by atoms with E-state index in [0.29, 0.717) is 18.1 Å². The third-order valence-electron chi connectivity index (χ3n) is 7.03. The number of carbonyl (C=O) groups excluding carboxylic acids is 1. The molecule has 1 saturated carbocycles. The average Bonchev–Trinajstić information content (AvgIpc) is 3.53. The zero-order valence-electron chi connectivity index (χ0n) is 19.6. The van der Waals surface area contributed by atoms with E-state index in [-0.39, 0.29) is 17.9 Å². The van der Waals surface area contributed by atoms with Gasteiger partial charge >= 0.3 is 0 Å². The largest absolute Gasteiger partial charge is 0.375 e. The molecule has 3 atom stereocenters. The summed E-state index contributed by atoms with van der Waals surface area (Å²) in [5, 5.41) is 9.57. The number of nitrogens with zero attached hydrogens (tertiary/aromatic N) is 3. The molecule has 1 aliphatic heterocycles. The molecule has 0 bridgehead atoms. The van der Waals surface area contributed by atoms with E-state index in [1.54, 1.807) is 23.5 Å². The summed E-state index contributed by atoms with van der Waals surface area (Å²) in [6.45, 7) is 4.62. The monoisotopic (exact) mass is 478 g/mol. The van der Waals surface area contributed by atoms with Crippen LogP contribution in [0.5, 0.6) is 0 Å². The van der Waals surface area contributed by atoms with Crippen molar-refractivity contribution in [3.8, 4) is 0 Å². The molecule has 1 aromatic carbocycles. The van der Waals surface area contributed by atoms with Crippen molar-refractivity contribution in [1.82, 2.24) is 20.7 Å². The Labute approximate surface area is 203 Å². The second kappa shape index (κ2) is 9.90. The fourth-order valence-electron chi connectivity index (χ4n) is 4.70. The lowest BCUT2D eigenvalue weighted by molar-refractivity contribution is -0.177. The van der Waals surface area contributed by atoms with Gasteiger partial charge in [0.05, 0.1) is 17.5 Å². The van der Waals surface area contributed by atoms with Gasteiger partial charge in [-0.25, -0.2) is 10.5 Å². The highest BCUT2D eigenvalue weighted by atomic mass is 32.1. The molecule has 2 aliphatic rings. The molecule has 1 saturated heterocycles. The van der Waals surface area contributed by atoms with Gasteiger partial charge in [0.2, 0.25) is 0 Å². The van der Waals surface area contributed by atoms with E-state index >= 15 is 0 Å². The van der Waals surface area contributed by atoms with Gasteiger partial charge in [-0.15, -0.1) is 11.3 Å². The van der Waals surface area contributed by atoms with Crippen LogP contribution in [0.3, 0.4) is 0 Å². The number of hydroxylamine groups is 1. The predicted octanol–water partition coefficient (Wildman–Crippen LogP) is 5.05. The Morgan fingerprint density at radius 2 is 1.97 bits per heavy atom. The molecule has 1 N–H and O–H groups in total. The van der Waals surface area contributed by atoms with Gasteiger partial charge in [0.25, 0.3) is 5.91 Å². The standard InChI is InChI=1S/C26H30N4O3S/c1-17-13-14-21(29-28-17)18(2)26(23-12-7-15-32-23,25-27-16-22(34-25)19-10-6-11-19)33-30-24(31)20-8-4-3-5-9-20/h3-5,8-9,13-14,16,18-19,23H,6-7,10-12,15H2,1-2H3,(H,30,31)/t18-,23-,26?/m1/s1. The fraction of sp³-hybridized carbons (Fsp3) is 0.462. The van der Waals surface area contributed by atoms with Gasteiger partial charge in [0.15, 0.2) is 5.60 Å². The maximum Gasteiger partial charge on any atom is 0.274 e. The Balaban J connectivity index is 1.55. The molecule has 2 aromatic heterocycles. The molecule has 2 fully saturated rings. The van der Waals surface area contributed by atoms with Gasteiger partial charge in [-0.1, -0.05) is 31.5 Å². The third kappa shape index (κ3) is 4.37. The zero-order chi connectivity index (χ0) is 23.5. The van der Waals surface area contributed by atoms with Crippen LogP contribution in [0.4, 0.5) is 0 Å². The van der Waals surface area contributed by atoms with Gasteiger partial charge in [-0.2, -0.15) is 10.2 Å². The Morgan fingerprint density at radius 3 is 2.62 bits per heavy atom. The number of benzene rings is 1. The van der Waals surface area contributed by atoms with Crippen LogP contribution in [0, 0.1) is 6.92 Å². The highest BCUT2D eigenvalue weighted by molar-refractivity contribution is 7.11. The zero-order valence-corrected chi connectivity index (χ0v) is 20.4. The molecule has 1 unspecified atom stereocenters. The van der Waals surface area contributed by atoms with Crippen molar-refractivity contribution in [1.29, 1.82) is 0 Å². The van der Waals surface area contributed by atoms with Crippen molar-refractivity contribution < 1.29 is 14.4 Å². The first kappa shape index (κ1) is 23.1. The summed E-state index contributed by atoms with van der Waals surface area (Å²) in [5.41, 5.74) is 3.86. The van der Waals surface area contributed by atoms with E-state index in [9.17, 15) is 4.79 Å². The number of aromatic nitrogens is 3. The minimum absolute atomic E-state index is 0.264. The molecule has 5 rings (SSSR count). The third-order valence-corrected chi connectivity index (χ3v) is 8.32. The molecule has 8 heteroatoms. The first-order valence-corrected chi connectivity index (χ1v) is 12.8. The number of ether oxygens (including phenoxy) is 1. The van der Waals surface area contributed by atoms with Crippen molar-refractivity contribution >= 4 is 17.2 Å². The van der Waals surface area contributed by atoms with E-state index in [4.69, 9.17) is 14.6 Å². The van der Waals surface area contributed by atoms with E-state index in [0.717, 1.165) is 29.2 Å². The molecule has 3 heterocycles. The first-order valence-electron chi connectivity index (χ1n) is 12.0. The summed E-state index contributed by atoms with van der Waals surface area (Å²) < 4.78 is 6.23. The minimum Gasteiger partial charge on any atom is -0.375 e. The first-order chi connectivity index (χ1) is 16.6. The van der Waals surface area contributed by atoms with Crippen molar-refractivity contribution in [3.05, 3.63) is 75.5 Å². The number of aryl methyl sites for hydroxylation is 1. The number of amides is 1. The predicted molar refractivity (Wildman–Crippen MR) is 130 cm³/mol. The molecule has 1 aliphatic carbocycles. The minimum atomic E-state index is -1.03. The number of thiazole rings is 1. The number of nitrogens with one attached hydrogen (secondary N) is 1. The smallest absolute Gasteiger partial charge is 0.274 e. The molecule has 178 valence electrons. The number of hydrogen-bond donors (Lipinski definition) is 1. The van der Waals surface area contributed by atoms with Gasteiger partial charge < -0.3 is 4.74 Å². The van der Waals surface area contributed by atoms with E-state index in [1.807, 2.05) is 43.5 Å². The summed E-state index contributed by atoms with van der Waals surface area (Å²) in [6.07, 6.45) is 7.08. The fourth-order valence-corrected chi connectivity index (χ4v) is 6.05. The highest BCUT2D eigenvalue weighted by Crippen LogP contribution is 2.49. The van der Waals surface area contributed by atoms with E-state index in [2.05, 4.69) is 22.6 Å². The van der Waals surface area contributed by atoms with Crippen molar-refractivity contribution in [2.45, 2.75) is 69.5 Å². The summed E-state index contributed by atoms with van der Waals surface area (Å²) >= 11 is 1.67. The summed E-state index contributed by atoms with van der Waals surface area (Å²) in [7, 11) is 0. The number of rotatable bonds is 8. The van der Waals surface area contributed by atoms with Crippen LogP contribution in [-0.4, -0.2) is 33.8 Å².